The van der Waals surface area contributed by atoms with Crippen molar-refractivity contribution in [3.05, 3.63) is 84.2 Å². The molecule has 2 aromatic heterocycles. The monoisotopic (exact) mass is 448 g/mol. The lowest BCUT2D eigenvalue weighted by atomic mass is 10.1. The Balaban J connectivity index is 1.80. The van der Waals surface area contributed by atoms with Crippen LogP contribution in [0.3, 0.4) is 0 Å². The molecule has 2 aromatic carbocycles. The number of fused-ring (bicyclic) bond motifs is 1. The number of imidazole rings is 1. The summed E-state index contributed by atoms with van der Waals surface area (Å²) in [7, 11) is -3.57. The number of sulfonamides is 1. The molecule has 0 fully saturated rings. The van der Waals surface area contributed by atoms with Crippen LogP contribution >= 0.6 is 0 Å². The number of rotatable bonds is 6. The van der Waals surface area contributed by atoms with E-state index < -0.39 is 15.8 Å². The molecule has 7 nitrogen and oxygen atoms in total. The second-order valence-electron chi connectivity index (χ2n) is 6.98. The van der Waals surface area contributed by atoms with Crippen LogP contribution in [0.5, 0.6) is 0 Å². The molecule has 0 saturated heterocycles. The molecular weight excluding hydrogens is 431 g/mol. The smallest absolute Gasteiger partial charge is 0.233 e. The molecule has 4 rings (SSSR count). The zero-order valence-electron chi connectivity index (χ0n) is 16.9. The van der Waals surface area contributed by atoms with Gasteiger partial charge in [-0.2, -0.15) is 0 Å². The van der Waals surface area contributed by atoms with Crippen LogP contribution in [0.15, 0.2) is 67.1 Å². The van der Waals surface area contributed by atoms with Gasteiger partial charge < -0.3 is 0 Å². The molecule has 0 amide bonds. The zero-order chi connectivity index (χ0) is 22.9. The number of aromatic nitrogens is 3. The van der Waals surface area contributed by atoms with Crippen LogP contribution in [0.25, 0.3) is 16.9 Å². The van der Waals surface area contributed by atoms with Crippen molar-refractivity contribution >= 4 is 27.1 Å². The topological polar surface area (TPSA) is 84.6 Å². The molecule has 0 aliphatic carbocycles. The van der Waals surface area contributed by atoms with Gasteiger partial charge in [0.2, 0.25) is 15.8 Å². The molecule has 0 aliphatic heterocycles. The van der Waals surface area contributed by atoms with Crippen molar-refractivity contribution in [3.8, 4) is 23.6 Å². The number of terminal acetylenes is 1. The molecule has 9 heteroatoms. The average molecular weight is 448 g/mol. The van der Waals surface area contributed by atoms with E-state index in [1.54, 1.807) is 34.7 Å². The maximum atomic E-state index is 13.2. The number of hydrogen-bond acceptors (Lipinski definition) is 5. The van der Waals surface area contributed by atoms with E-state index in [4.69, 9.17) is 6.42 Å². The summed E-state index contributed by atoms with van der Waals surface area (Å²) in [6, 6.07) is 13.8. The first-order valence-electron chi connectivity index (χ1n) is 9.43. The van der Waals surface area contributed by atoms with Crippen LogP contribution in [0.1, 0.15) is 16.1 Å². The molecule has 0 unspecified atom stereocenters. The highest BCUT2D eigenvalue weighted by Gasteiger charge is 2.20. The molecular formula is C23H17FN4O3S. The average Bonchev–Trinajstić information content (AvgIpc) is 3.21. The Bertz CT molecular complexity index is 1470. The van der Waals surface area contributed by atoms with E-state index in [-0.39, 0.29) is 18.0 Å². The molecule has 2 heterocycles. The Morgan fingerprint density at radius 1 is 1.16 bits per heavy atom. The summed E-state index contributed by atoms with van der Waals surface area (Å²) in [4.78, 5) is 21.4. The van der Waals surface area contributed by atoms with Crippen molar-refractivity contribution in [2.75, 3.05) is 17.1 Å². The third kappa shape index (κ3) is 3.96. The SMILES string of the molecule is C#CCN(c1cccc(-c2ccnc3c(C(=O)c4ccc(F)cc4)ncn23)c1)S(C)(=O)=O. The van der Waals surface area contributed by atoms with E-state index in [1.807, 2.05) is 0 Å². The van der Waals surface area contributed by atoms with E-state index in [9.17, 15) is 17.6 Å². The Kier molecular flexibility index (Phi) is 5.47. The van der Waals surface area contributed by atoms with E-state index in [2.05, 4.69) is 15.9 Å². The first-order chi connectivity index (χ1) is 15.3. The maximum Gasteiger partial charge on any atom is 0.233 e. The van der Waals surface area contributed by atoms with Gasteiger partial charge in [-0.05, 0) is 42.5 Å². The predicted molar refractivity (Wildman–Crippen MR) is 119 cm³/mol. The van der Waals surface area contributed by atoms with Crippen LogP contribution in [-0.2, 0) is 10.0 Å². The summed E-state index contributed by atoms with van der Waals surface area (Å²) in [6.07, 6.45) is 9.44. The van der Waals surface area contributed by atoms with Crippen molar-refractivity contribution in [1.82, 2.24) is 14.4 Å². The van der Waals surface area contributed by atoms with E-state index >= 15 is 0 Å². The normalized spacial score (nSPS) is 11.3. The molecule has 0 N–H and O–H groups in total. The molecule has 0 bridgehead atoms. The Labute approximate surface area is 184 Å². The Morgan fingerprint density at radius 2 is 1.91 bits per heavy atom. The molecule has 160 valence electrons. The van der Waals surface area contributed by atoms with Gasteiger partial charge >= 0.3 is 0 Å². The minimum absolute atomic E-state index is 0.102. The molecule has 32 heavy (non-hydrogen) atoms. The van der Waals surface area contributed by atoms with Crippen LogP contribution in [-0.4, -0.2) is 41.4 Å². The van der Waals surface area contributed by atoms with Gasteiger partial charge in [0.05, 0.1) is 24.2 Å². The van der Waals surface area contributed by atoms with Gasteiger partial charge in [0.15, 0.2) is 11.3 Å². The number of carbonyl (C=O) groups excluding carboxylic acids is 1. The lowest BCUT2D eigenvalue weighted by Gasteiger charge is -2.20. The lowest BCUT2D eigenvalue weighted by molar-refractivity contribution is 0.103. The first-order valence-corrected chi connectivity index (χ1v) is 11.3. The quantitative estimate of drug-likeness (QED) is 0.334. The van der Waals surface area contributed by atoms with Crippen LogP contribution in [0, 0.1) is 18.2 Å². The summed E-state index contributed by atoms with van der Waals surface area (Å²) in [6.45, 7) is -0.102. The number of carbonyl (C=O) groups is 1. The van der Waals surface area contributed by atoms with Gasteiger partial charge in [-0.25, -0.2) is 22.8 Å². The van der Waals surface area contributed by atoms with Gasteiger partial charge in [-0.3, -0.25) is 13.5 Å². The molecule has 0 radical (unpaired) electrons. The highest BCUT2D eigenvalue weighted by molar-refractivity contribution is 7.92. The summed E-state index contributed by atoms with van der Waals surface area (Å²) in [5.74, 6) is 1.53. The van der Waals surface area contributed by atoms with Crippen LogP contribution < -0.4 is 4.31 Å². The fourth-order valence-electron chi connectivity index (χ4n) is 3.34. The fraction of sp³-hybridized carbons (Fsp3) is 0.0870. The zero-order valence-corrected chi connectivity index (χ0v) is 17.8. The summed E-state index contributed by atoms with van der Waals surface area (Å²) >= 11 is 0. The van der Waals surface area contributed by atoms with Gasteiger partial charge in [-0.15, -0.1) is 6.42 Å². The number of anilines is 1. The number of hydrogen-bond donors (Lipinski definition) is 0. The third-order valence-corrected chi connectivity index (χ3v) is 5.96. The summed E-state index contributed by atoms with van der Waals surface area (Å²) < 4.78 is 40.3. The highest BCUT2D eigenvalue weighted by Crippen LogP contribution is 2.27. The summed E-state index contributed by atoms with van der Waals surface area (Å²) in [5, 5.41) is 0. The number of ketones is 1. The lowest BCUT2D eigenvalue weighted by Crippen LogP contribution is -2.30. The van der Waals surface area contributed by atoms with Crippen LogP contribution in [0.2, 0.25) is 0 Å². The van der Waals surface area contributed by atoms with Gasteiger partial charge in [0, 0.05) is 17.3 Å². The fourth-order valence-corrected chi connectivity index (χ4v) is 4.14. The minimum Gasteiger partial charge on any atom is -0.287 e. The highest BCUT2D eigenvalue weighted by atomic mass is 32.2. The first kappa shape index (κ1) is 21.2. The second-order valence-corrected chi connectivity index (χ2v) is 8.88. The summed E-state index contributed by atoms with van der Waals surface area (Å²) in [5.41, 5.74) is 2.48. The molecule has 0 spiro atoms. The largest absolute Gasteiger partial charge is 0.287 e. The minimum atomic E-state index is -3.57. The van der Waals surface area contributed by atoms with Crippen molar-refractivity contribution in [1.29, 1.82) is 0 Å². The van der Waals surface area contributed by atoms with Gasteiger partial charge in [0.1, 0.15) is 12.1 Å². The van der Waals surface area contributed by atoms with Crippen molar-refractivity contribution in [2.45, 2.75) is 0 Å². The predicted octanol–water partition coefficient (Wildman–Crippen LogP) is 3.17. The van der Waals surface area contributed by atoms with Crippen LogP contribution in [0.4, 0.5) is 10.1 Å². The number of nitrogens with zero attached hydrogens (tertiary/aromatic N) is 4. The Hall–Kier alpha value is -4.03. The van der Waals surface area contributed by atoms with Crippen molar-refractivity contribution in [3.63, 3.8) is 0 Å². The molecule has 0 atom stereocenters. The van der Waals surface area contributed by atoms with Crippen molar-refractivity contribution < 1.29 is 17.6 Å². The standard InChI is InChI=1S/C23H17FN4O3S/c1-3-13-28(32(2,30)31)19-6-4-5-17(14-19)20-11-12-25-23-21(26-15-27(20)23)22(29)16-7-9-18(24)10-8-16/h1,4-12,14-15H,13H2,2H3. The van der Waals surface area contributed by atoms with E-state index in [0.29, 0.717) is 28.2 Å². The third-order valence-electron chi connectivity index (χ3n) is 4.82. The number of benzene rings is 2. The van der Waals surface area contributed by atoms with Gasteiger partial charge in [0.25, 0.3) is 0 Å². The Morgan fingerprint density at radius 3 is 2.59 bits per heavy atom. The van der Waals surface area contributed by atoms with E-state index in [0.717, 1.165) is 10.6 Å². The van der Waals surface area contributed by atoms with E-state index in [1.165, 1.54) is 36.8 Å². The second kappa shape index (κ2) is 8.24. The molecule has 4 aromatic rings. The molecule has 0 saturated carbocycles. The number of halogens is 1. The molecule has 0 aliphatic rings. The van der Waals surface area contributed by atoms with Gasteiger partial charge in [-0.1, -0.05) is 18.1 Å². The maximum absolute atomic E-state index is 13.2. The van der Waals surface area contributed by atoms with Crippen molar-refractivity contribution in [2.24, 2.45) is 0 Å².